The maximum absolute atomic E-state index is 5.14. The summed E-state index contributed by atoms with van der Waals surface area (Å²) in [6.45, 7) is 1.91. The van der Waals surface area contributed by atoms with Gasteiger partial charge in [0.25, 0.3) is 0 Å². The van der Waals surface area contributed by atoms with Crippen molar-refractivity contribution < 1.29 is 4.74 Å². The van der Waals surface area contributed by atoms with E-state index in [4.69, 9.17) is 4.74 Å². The summed E-state index contributed by atoms with van der Waals surface area (Å²) in [5.74, 6) is 0.750. The lowest BCUT2D eigenvalue weighted by Crippen LogP contribution is -2.36. The Balaban J connectivity index is 1.86. The average Bonchev–Trinajstić information content (AvgIpc) is 1.63. The van der Waals surface area contributed by atoms with Gasteiger partial charge in [-0.05, 0) is 6.42 Å². The lowest BCUT2D eigenvalue weighted by molar-refractivity contribution is -0.0475. The fourth-order valence-corrected chi connectivity index (χ4v) is 0.800. The third-order valence-corrected chi connectivity index (χ3v) is 1.50. The van der Waals surface area contributed by atoms with E-state index in [-0.39, 0.29) is 0 Å². The quantitative estimate of drug-likeness (QED) is 0.425. The van der Waals surface area contributed by atoms with Gasteiger partial charge in [-0.15, -0.1) is 0 Å². The first-order chi connectivity index (χ1) is 3.93. The van der Waals surface area contributed by atoms with Crippen LogP contribution < -0.4 is 5.32 Å². The minimum absolute atomic E-state index is 0.474. The number of hydrogen-bond donors (Lipinski definition) is 2. The van der Waals surface area contributed by atoms with E-state index in [1.165, 1.54) is 6.42 Å². The van der Waals surface area contributed by atoms with E-state index in [9.17, 15) is 0 Å². The van der Waals surface area contributed by atoms with Gasteiger partial charge in [-0.1, -0.05) is 0 Å². The first kappa shape index (κ1) is 6.39. The number of nitrogens with one attached hydrogen (secondary N) is 1. The molecular formula is C5H11NOS. The third-order valence-electron chi connectivity index (χ3n) is 1.28. The Morgan fingerprint density at radius 3 is 2.88 bits per heavy atom. The van der Waals surface area contributed by atoms with E-state index in [1.54, 1.807) is 0 Å². The van der Waals surface area contributed by atoms with Crippen LogP contribution in [0.2, 0.25) is 0 Å². The molecule has 1 aliphatic heterocycles. The Kier molecular flexibility index (Phi) is 2.66. The van der Waals surface area contributed by atoms with Crippen molar-refractivity contribution >= 4 is 12.6 Å². The SMILES string of the molecule is SCNCC1CCO1. The van der Waals surface area contributed by atoms with Crippen LogP contribution >= 0.6 is 12.6 Å². The highest BCUT2D eigenvalue weighted by atomic mass is 32.1. The Hall–Kier alpha value is 0.270. The van der Waals surface area contributed by atoms with Gasteiger partial charge in [0.1, 0.15) is 0 Å². The molecule has 1 unspecified atom stereocenters. The molecule has 0 amide bonds. The molecule has 0 bridgehead atoms. The normalized spacial score (nSPS) is 27.4. The molecule has 1 fully saturated rings. The van der Waals surface area contributed by atoms with Gasteiger partial charge < -0.3 is 10.1 Å². The van der Waals surface area contributed by atoms with Gasteiger partial charge in [0.15, 0.2) is 0 Å². The molecule has 1 atom stereocenters. The Morgan fingerprint density at radius 1 is 1.75 bits per heavy atom. The van der Waals surface area contributed by atoms with Crippen LogP contribution in [0.3, 0.4) is 0 Å². The molecule has 0 aromatic carbocycles. The van der Waals surface area contributed by atoms with Crippen molar-refractivity contribution in [3.63, 3.8) is 0 Å². The number of hydrogen-bond acceptors (Lipinski definition) is 3. The van der Waals surface area contributed by atoms with Crippen LogP contribution in [-0.2, 0) is 4.74 Å². The van der Waals surface area contributed by atoms with Gasteiger partial charge in [-0.25, -0.2) is 0 Å². The summed E-state index contributed by atoms with van der Waals surface area (Å²) < 4.78 is 5.14. The lowest BCUT2D eigenvalue weighted by Gasteiger charge is -2.26. The Labute approximate surface area is 55.0 Å². The van der Waals surface area contributed by atoms with Crippen LogP contribution in [0.4, 0.5) is 0 Å². The van der Waals surface area contributed by atoms with E-state index < -0.39 is 0 Å². The fourth-order valence-electron chi connectivity index (χ4n) is 0.671. The molecule has 0 aromatic heterocycles. The molecule has 1 rings (SSSR count). The highest BCUT2D eigenvalue weighted by Crippen LogP contribution is 2.08. The fraction of sp³-hybridized carbons (Fsp3) is 1.00. The molecule has 1 heterocycles. The summed E-state index contributed by atoms with van der Waals surface area (Å²) in [4.78, 5) is 0. The third kappa shape index (κ3) is 1.65. The summed E-state index contributed by atoms with van der Waals surface area (Å²) in [7, 11) is 0. The van der Waals surface area contributed by atoms with Crippen molar-refractivity contribution in [1.82, 2.24) is 5.32 Å². The molecule has 0 aliphatic carbocycles. The van der Waals surface area contributed by atoms with Crippen molar-refractivity contribution in [2.75, 3.05) is 19.0 Å². The van der Waals surface area contributed by atoms with E-state index in [2.05, 4.69) is 17.9 Å². The average molecular weight is 133 g/mol. The molecule has 0 spiro atoms. The summed E-state index contributed by atoms with van der Waals surface area (Å²) in [6, 6.07) is 0. The van der Waals surface area contributed by atoms with Crippen molar-refractivity contribution in [2.24, 2.45) is 0 Å². The lowest BCUT2D eigenvalue weighted by atomic mass is 10.2. The van der Waals surface area contributed by atoms with Gasteiger partial charge in [-0.2, -0.15) is 12.6 Å². The second kappa shape index (κ2) is 3.33. The first-order valence-corrected chi connectivity index (χ1v) is 3.50. The summed E-state index contributed by atoms with van der Waals surface area (Å²) in [5, 5.41) is 3.09. The highest BCUT2D eigenvalue weighted by Gasteiger charge is 2.16. The van der Waals surface area contributed by atoms with E-state index in [0.29, 0.717) is 6.10 Å². The summed E-state index contributed by atoms with van der Waals surface area (Å²) in [5.41, 5.74) is 0. The topological polar surface area (TPSA) is 21.3 Å². The first-order valence-electron chi connectivity index (χ1n) is 2.86. The molecule has 8 heavy (non-hydrogen) atoms. The number of thiol groups is 1. The van der Waals surface area contributed by atoms with Gasteiger partial charge in [0, 0.05) is 19.0 Å². The Bertz CT molecular complexity index is 65.4. The number of rotatable bonds is 3. The highest BCUT2D eigenvalue weighted by molar-refractivity contribution is 7.80. The zero-order valence-corrected chi connectivity index (χ0v) is 5.66. The smallest absolute Gasteiger partial charge is 0.0721 e. The van der Waals surface area contributed by atoms with Crippen LogP contribution in [0, 0.1) is 0 Å². The maximum Gasteiger partial charge on any atom is 0.0721 e. The maximum atomic E-state index is 5.14. The van der Waals surface area contributed by atoms with Gasteiger partial charge in [0.05, 0.1) is 6.10 Å². The number of ether oxygens (including phenoxy) is 1. The van der Waals surface area contributed by atoms with Crippen LogP contribution in [0.25, 0.3) is 0 Å². The van der Waals surface area contributed by atoms with Gasteiger partial charge in [-0.3, -0.25) is 0 Å². The minimum Gasteiger partial charge on any atom is -0.377 e. The summed E-state index contributed by atoms with van der Waals surface area (Å²) >= 11 is 3.99. The monoisotopic (exact) mass is 133 g/mol. The zero-order chi connectivity index (χ0) is 5.82. The molecule has 3 heteroatoms. The van der Waals surface area contributed by atoms with Crippen molar-refractivity contribution in [3.05, 3.63) is 0 Å². The largest absolute Gasteiger partial charge is 0.377 e. The van der Waals surface area contributed by atoms with Crippen molar-refractivity contribution in [1.29, 1.82) is 0 Å². The second-order valence-corrected chi connectivity index (χ2v) is 2.21. The van der Waals surface area contributed by atoms with Crippen LogP contribution in [0.5, 0.6) is 0 Å². The molecule has 48 valence electrons. The zero-order valence-electron chi connectivity index (χ0n) is 4.76. The molecule has 1 saturated heterocycles. The van der Waals surface area contributed by atoms with Crippen LogP contribution in [0.15, 0.2) is 0 Å². The minimum atomic E-state index is 0.474. The Morgan fingerprint density at radius 2 is 2.50 bits per heavy atom. The van der Waals surface area contributed by atoms with Crippen LogP contribution in [-0.4, -0.2) is 25.1 Å². The molecular weight excluding hydrogens is 122 g/mol. The molecule has 0 radical (unpaired) electrons. The van der Waals surface area contributed by atoms with Crippen molar-refractivity contribution in [3.8, 4) is 0 Å². The second-order valence-electron chi connectivity index (χ2n) is 1.89. The molecule has 2 nitrogen and oxygen atoms in total. The standard InChI is InChI=1S/C5H11NOS/c8-4-6-3-5-1-2-7-5/h5-6,8H,1-4H2. The molecule has 1 aliphatic rings. The van der Waals surface area contributed by atoms with E-state index in [0.717, 1.165) is 19.0 Å². The molecule has 0 aromatic rings. The van der Waals surface area contributed by atoms with Gasteiger partial charge in [0.2, 0.25) is 0 Å². The summed E-state index contributed by atoms with van der Waals surface area (Å²) in [6.07, 6.45) is 1.68. The van der Waals surface area contributed by atoms with Gasteiger partial charge >= 0.3 is 0 Å². The van der Waals surface area contributed by atoms with Crippen molar-refractivity contribution in [2.45, 2.75) is 12.5 Å². The van der Waals surface area contributed by atoms with Crippen LogP contribution in [0.1, 0.15) is 6.42 Å². The molecule has 0 saturated carbocycles. The van der Waals surface area contributed by atoms with E-state index in [1.807, 2.05) is 0 Å². The molecule has 1 N–H and O–H groups in total. The predicted molar refractivity (Wildman–Crippen MR) is 36.2 cm³/mol. The predicted octanol–water partition coefficient (Wildman–Crippen LogP) is 0.252. The van der Waals surface area contributed by atoms with E-state index >= 15 is 0 Å².